The highest BCUT2D eigenvalue weighted by Crippen LogP contribution is 2.56. The average Bonchev–Trinajstić information content (AvgIpc) is 3.39. The van der Waals surface area contributed by atoms with Crippen molar-refractivity contribution in [1.82, 2.24) is 14.5 Å². The summed E-state index contributed by atoms with van der Waals surface area (Å²) < 4.78 is 65.7. The van der Waals surface area contributed by atoms with Gasteiger partial charge in [-0.1, -0.05) is 0 Å². The van der Waals surface area contributed by atoms with E-state index in [-0.39, 0.29) is 40.8 Å². The van der Waals surface area contributed by atoms with Crippen LogP contribution >= 0.6 is 0 Å². The van der Waals surface area contributed by atoms with Gasteiger partial charge in [0.15, 0.2) is 0 Å². The molecular formula is C23H18F4N4O3. The van der Waals surface area contributed by atoms with E-state index in [0.717, 1.165) is 43.5 Å². The Bertz CT molecular complexity index is 1350. The van der Waals surface area contributed by atoms with E-state index in [2.05, 4.69) is 14.9 Å². The van der Waals surface area contributed by atoms with Crippen LogP contribution in [0, 0.1) is 11.7 Å². The van der Waals surface area contributed by atoms with Gasteiger partial charge in [-0.25, -0.2) is 9.18 Å². The second kappa shape index (κ2) is 7.18. The molecule has 1 aromatic carbocycles. The summed E-state index contributed by atoms with van der Waals surface area (Å²) in [5.74, 6) is 0.811. The maximum Gasteiger partial charge on any atom is 0.433 e. The molecule has 4 aliphatic rings. The van der Waals surface area contributed by atoms with Gasteiger partial charge in [0.1, 0.15) is 35.4 Å². The molecule has 1 spiro atoms. The smallest absolute Gasteiger partial charge is 0.433 e. The van der Waals surface area contributed by atoms with Gasteiger partial charge in [-0.2, -0.15) is 18.2 Å². The fraction of sp³-hybridized carbons (Fsp3) is 0.348. The van der Waals surface area contributed by atoms with Crippen LogP contribution in [-0.4, -0.2) is 26.6 Å². The first-order chi connectivity index (χ1) is 16.2. The third kappa shape index (κ3) is 3.37. The molecule has 3 aliphatic heterocycles. The van der Waals surface area contributed by atoms with E-state index in [1.807, 2.05) is 0 Å². The molecule has 7 rings (SSSR count). The highest BCUT2D eigenvalue weighted by atomic mass is 19.4. The van der Waals surface area contributed by atoms with Crippen LogP contribution < -0.4 is 20.1 Å². The summed E-state index contributed by atoms with van der Waals surface area (Å²) >= 11 is 0. The molecule has 1 aliphatic carbocycles. The van der Waals surface area contributed by atoms with Crippen LogP contribution in [0.5, 0.6) is 17.4 Å². The van der Waals surface area contributed by atoms with Crippen LogP contribution in [-0.2, 0) is 19.3 Å². The monoisotopic (exact) mass is 474 g/mol. The lowest BCUT2D eigenvalue weighted by atomic mass is 9.74. The summed E-state index contributed by atoms with van der Waals surface area (Å²) in [6.45, 7) is 1.38. The number of alkyl halides is 3. The van der Waals surface area contributed by atoms with E-state index in [0.29, 0.717) is 12.5 Å². The molecule has 0 atom stereocenters. The van der Waals surface area contributed by atoms with Crippen molar-refractivity contribution < 1.29 is 27.0 Å². The summed E-state index contributed by atoms with van der Waals surface area (Å²) in [5.41, 5.74) is -1.28. The minimum atomic E-state index is -4.62. The Morgan fingerprint density at radius 3 is 2.68 bits per heavy atom. The van der Waals surface area contributed by atoms with Crippen molar-refractivity contribution in [3.63, 3.8) is 0 Å². The Morgan fingerprint density at radius 1 is 1.12 bits per heavy atom. The van der Waals surface area contributed by atoms with Crippen molar-refractivity contribution >= 4 is 5.82 Å². The summed E-state index contributed by atoms with van der Waals surface area (Å²) in [5, 5.41) is 0. The zero-order valence-corrected chi connectivity index (χ0v) is 17.7. The summed E-state index contributed by atoms with van der Waals surface area (Å²) in [6.07, 6.45) is -1.48. The number of benzene rings is 1. The first kappa shape index (κ1) is 20.9. The van der Waals surface area contributed by atoms with Gasteiger partial charge in [0, 0.05) is 36.5 Å². The van der Waals surface area contributed by atoms with Gasteiger partial charge in [0.2, 0.25) is 5.88 Å². The first-order valence-electron chi connectivity index (χ1n) is 10.7. The molecule has 0 amide bonds. The quantitative estimate of drug-likeness (QED) is 0.518. The van der Waals surface area contributed by atoms with Crippen LogP contribution in [0.2, 0.25) is 0 Å². The molecule has 11 heteroatoms. The van der Waals surface area contributed by atoms with Crippen molar-refractivity contribution in [3.05, 3.63) is 70.2 Å². The topological polar surface area (TPSA) is 69.5 Å². The van der Waals surface area contributed by atoms with Gasteiger partial charge in [-0.05, 0) is 37.0 Å². The molecule has 1 saturated carbocycles. The number of hydrogen-bond donors (Lipinski definition) is 0. The Balaban J connectivity index is 1.16. The second-order valence-corrected chi connectivity index (χ2v) is 8.95. The minimum Gasteiger partial charge on any atom is -0.472 e. The third-order valence-corrected chi connectivity index (χ3v) is 6.70. The van der Waals surface area contributed by atoms with Gasteiger partial charge in [-0.3, -0.25) is 9.55 Å². The molecule has 2 saturated heterocycles. The molecule has 0 radical (unpaired) electrons. The van der Waals surface area contributed by atoms with Gasteiger partial charge < -0.3 is 14.4 Å². The zero-order valence-electron chi connectivity index (χ0n) is 17.7. The molecule has 3 fully saturated rings. The molecular weight excluding hydrogens is 456 g/mol. The van der Waals surface area contributed by atoms with Crippen LogP contribution in [0.4, 0.5) is 23.4 Å². The van der Waals surface area contributed by atoms with E-state index < -0.39 is 17.7 Å². The fourth-order valence-corrected chi connectivity index (χ4v) is 5.21. The highest BCUT2D eigenvalue weighted by Gasteiger charge is 2.60. The Labute approximate surface area is 190 Å². The average molecular weight is 474 g/mol. The van der Waals surface area contributed by atoms with Crippen molar-refractivity contribution in [2.75, 3.05) is 11.4 Å². The van der Waals surface area contributed by atoms with Crippen molar-refractivity contribution in [3.8, 4) is 17.4 Å². The Morgan fingerprint density at radius 2 is 1.91 bits per heavy atom. The molecule has 7 nitrogen and oxygen atoms in total. The lowest BCUT2D eigenvalue weighted by Gasteiger charge is -2.37. The normalized spacial score (nSPS) is 22.2. The van der Waals surface area contributed by atoms with Crippen LogP contribution in [0.3, 0.4) is 0 Å². The van der Waals surface area contributed by atoms with Crippen LogP contribution in [0.25, 0.3) is 0 Å². The van der Waals surface area contributed by atoms with Gasteiger partial charge in [-0.15, -0.1) is 0 Å². The number of fused-ring (bicyclic) bond motifs is 1. The lowest BCUT2D eigenvalue weighted by Crippen LogP contribution is -2.44. The number of hydrogen-bond acceptors (Lipinski definition) is 6. The van der Waals surface area contributed by atoms with E-state index in [9.17, 15) is 22.4 Å². The van der Waals surface area contributed by atoms with Gasteiger partial charge in [0.25, 0.3) is 0 Å². The number of ether oxygens (including phenoxy) is 2. The molecule has 2 bridgehead atoms. The van der Waals surface area contributed by atoms with E-state index >= 15 is 0 Å². The molecule has 2 aromatic heterocycles. The van der Waals surface area contributed by atoms with E-state index in [1.165, 1.54) is 18.2 Å². The van der Waals surface area contributed by atoms with Gasteiger partial charge in [0.05, 0.1) is 12.1 Å². The minimum absolute atomic E-state index is 0.0211. The number of nitrogens with zero attached hydrogens (tertiary/aromatic N) is 4. The summed E-state index contributed by atoms with van der Waals surface area (Å²) in [4.78, 5) is 22.0. The van der Waals surface area contributed by atoms with Crippen LogP contribution in [0.15, 0.2) is 47.4 Å². The molecule has 176 valence electrons. The zero-order chi connectivity index (χ0) is 23.7. The maximum atomic E-state index is 14.6. The largest absolute Gasteiger partial charge is 0.472 e. The van der Waals surface area contributed by atoms with Crippen LogP contribution in [0.1, 0.15) is 24.1 Å². The molecule has 5 heterocycles. The predicted molar refractivity (Wildman–Crippen MR) is 111 cm³/mol. The Kier molecular flexibility index (Phi) is 4.42. The predicted octanol–water partition coefficient (Wildman–Crippen LogP) is 4.15. The number of anilines is 1. The first-order valence-corrected chi connectivity index (χ1v) is 10.7. The standard InChI is InChI=1S/C23H18F4N4O3/c24-17-5-15(34-16-3-4-28-18(6-16)23(25,26)27)2-1-14(17)11-33-19-7-20-30(21(32)29-19)12-22-8-13(9-22)10-31(20)22/h1-7,13H,8-12H2. The third-order valence-electron chi connectivity index (χ3n) is 6.70. The molecule has 0 unspecified atom stereocenters. The number of rotatable bonds is 5. The van der Waals surface area contributed by atoms with Gasteiger partial charge >= 0.3 is 11.9 Å². The van der Waals surface area contributed by atoms with E-state index in [1.54, 1.807) is 10.6 Å². The summed E-state index contributed by atoms with van der Waals surface area (Å²) in [6, 6.07) is 7.58. The number of pyridine rings is 1. The molecule has 34 heavy (non-hydrogen) atoms. The van der Waals surface area contributed by atoms with Crippen molar-refractivity contribution in [2.45, 2.75) is 37.7 Å². The number of aromatic nitrogens is 3. The Hall–Kier alpha value is -3.63. The van der Waals surface area contributed by atoms with Crippen molar-refractivity contribution in [2.24, 2.45) is 5.92 Å². The van der Waals surface area contributed by atoms with E-state index in [4.69, 9.17) is 9.47 Å². The SMILES string of the molecule is O=c1nc(OCc2ccc(Oc3ccnc(C(F)(F)F)c3)cc2F)cc2n1CC13CC(CN21)C3. The lowest BCUT2D eigenvalue weighted by molar-refractivity contribution is -0.141. The fourth-order valence-electron chi connectivity index (χ4n) is 5.21. The maximum absolute atomic E-state index is 14.6. The number of halogens is 4. The molecule has 3 aromatic rings. The molecule has 0 N–H and O–H groups in total. The van der Waals surface area contributed by atoms with Crippen molar-refractivity contribution in [1.29, 1.82) is 0 Å². The highest BCUT2D eigenvalue weighted by molar-refractivity contribution is 5.54. The second-order valence-electron chi connectivity index (χ2n) is 8.95. The summed E-state index contributed by atoms with van der Waals surface area (Å²) in [7, 11) is 0.